The van der Waals surface area contributed by atoms with Gasteiger partial charge in [0.1, 0.15) is 17.2 Å². The van der Waals surface area contributed by atoms with Crippen LogP contribution in [0.5, 0.6) is 11.5 Å². The Bertz CT molecular complexity index is 888. The number of hydrogen-bond donors (Lipinski definition) is 1. The Morgan fingerprint density at radius 1 is 1.28 bits per heavy atom. The zero-order chi connectivity index (χ0) is 17.8. The Morgan fingerprint density at radius 3 is 2.84 bits per heavy atom. The largest absolute Gasteiger partial charge is 0.497 e. The van der Waals surface area contributed by atoms with Crippen molar-refractivity contribution in [1.82, 2.24) is 14.8 Å². The number of benzene rings is 1. The van der Waals surface area contributed by atoms with Crippen LogP contribution in [-0.2, 0) is 6.54 Å². The molecule has 1 aromatic carbocycles. The molecule has 0 saturated heterocycles. The van der Waals surface area contributed by atoms with Gasteiger partial charge in [0.15, 0.2) is 5.13 Å². The van der Waals surface area contributed by atoms with Crippen LogP contribution in [-0.4, -0.2) is 34.9 Å². The van der Waals surface area contributed by atoms with Gasteiger partial charge in [-0.25, -0.2) is 4.98 Å². The molecule has 3 aromatic rings. The monoisotopic (exact) mass is 358 g/mol. The molecule has 1 N–H and O–H groups in total. The maximum Gasteiger partial charge on any atom is 0.275 e. The summed E-state index contributed by atoms with van der Waals surface area (Å²) < 4.78 is 12.2. The Morgan fingerprint density at radius 2 is 2.12 bits per heavy atom. The average molecular weight is 358 g/mol. The number of thiazole rings is 1. The Labute approximate surface area is 149 Å². The van der Waals surface area contributed by atoms with Crippen LogP contribution < -0.4 is 14.8 Å². The van der Waals surface area contributed by atoms with Gasteiger partial charge >= 0.3 is 0 Å². The third-order valence-corrected chi connectivity index (χ3v) is 4.42. The molecule has 0 bridgehead atoms. The molecule has 0 fully saturated rings. The zero-order valence-electron chi connectivity index (χ0n) is 14.1. The van der Waals surface area contributed by atoms with Gasteiger partial charge in [-0.2, -0.15) is 5.10 Å². The van der Waals surface area contributed by atoms with E-state index in [4.69, 9.17) is 9.47 Å². The molecule has 0 aliphatic carbocycles. The van der Waals surface area contributed by atoms with Crippen LogP contribution in [0, 0.1) is 0 Å². The van der Waals surface area contributed by atoms with Crippen LogP contribution in [0.3, 0.4) is 0 Å². The number of ether oxygens (including phenoxy) is 2. The maximum atomic E-state index is 12.4. The minimum Gasteiger partial charge on any atom is -0.497 e. The van der Waals surface area contributed by atoms with Gasteiger partial charge in [0, 0.05) is 29.8 Å². The molecule has 0 spiro atoms. The van der Waals surface area contributed by atoms with E-state index in [2.05, 4.69) is 15.4 Å². The van der Waals surface area contributed by atoms with Gasteiger partial charge in [-0.05, 0) is 25.1 Å². The number of hydrogen-bond acceptors (Lipinski definition) is 6. The third kappa shape index (κ3) is 3.48. The van der Waals surface area contributed by atoms with E-state index in [9.17, 15) is 4.79 Å². The highest BCUT2D eigenvalue weighted by molar-refractivity contribution is 7.14. The van der Waals surface area contributed by atoms with Crippen LogP contribution in [0.2, 0.25) is 0 Å². The van der Waals surface area contributed by atoms with Crippen molar-refractivity contribution >= 4 is 22.4 Å². The summed E-state index contributed by atoms with van der Waals surface area (Å²) in [5, 5.41) is 9.30. The van der Waals surface area contributed by atoms with E-state index in [-0.39, 0.29) is 5.91 Å². The molecular formula is C17H18N4O3S. The average Bonchev–Trinajstić information content (AvgIpc) is 3.30. The molecule has 0 radical (unpaired) electrons. The summed E-state index contributed by atoms with van der Waals surface area (Å²) in [5.74, 6) is 1.13. The van der Waals surface area contributed by atoms with E-state index >= 15 is 0 Å². The summed E-state index contributed by atoms with van der Waals surface area (Å²) >= 11 is 1.35. The van der Waals surface area contributed by atoms with Crippen LogP contribution in [0.25, 0.3) is 11.3 Å². The first kappa shape index (κ1) is 17.0. The Kier molecular flexibility index (Phi) is 4.99. The van der Waals surface area contributed by atoms with Gasteiger partial charge in [0.2, 0.25) is 0 Å². The molecule has 7 nitrogen and oxygen atoms in total. The lowest BCUT2D eigenvalue weighted by atomic mass is 10.1. The highest BCUT2D eigenvalue weighted by atomic mass is 32.1. The summed E-state index contributed by atoms with van der Waals surface area (Å²) in [7, 11) is 3.20. The Hall–Kier alpha value is -2.87. The molecule has 0 saturated carbocycles. The summed E-state index contributed by atoms with van der Waals surface area (Å²) in [6.45, 7) is 2.56. The molecule has 130 valence electrons. The molecule has 2 heterocycles. The van der Waals surface area contributed by atoms with E-state index in [1.54, 1.807) is 37.2 Å². The molecular weight excluding hydrogens is 340 g/mol. The van der Waals surface area contributed by atoms with Crippen molar-refractivity contribution in [2.24, 2.45) is 0 Å². The smallest absolute Gasteiger partial charge is 0.275 e. The van der Waals surface area contributed by atoms with Gasteiger partial charge in [-0.3, -0.25) is 14.8 Å². The van der Waals surface area contributed by atoms with Crippen molar-refractivity contribution in [2.45, 2.75) is 13.5 Å². The minimum absolute atomic E-state index is 0.234. The summed E-state index contributed by atoms with van der Waals surface area (Å²) in [4.78, 5) is 16.8. The van der Waals surface area contributed by atoms with Gasteiger partial charge in [-0.1, -0.05) is 0 Å². The lowest BCUT2D eigenvalue weighted by Gasteiger charge is -2.08. The van der Waals surface area contributed by atoms with Gasteiger partial charge in [-0.15, -0.1) is 11.3 Å². The van der Waals surface area contributed by atoms with Gasteiger partial charge in [0.05, 0.1) is 19.9 Å². The molecule has 8 heteroatoms. The SMILES string of the molecule is CCn1nccc1C(=O)Nc1nc(-c2ccc(OC)cc2OC)cs1. The van der Waals surface area contributed by atoms with E-state index in [0.717, 1.165) is 11.3 Å². The molecule has 0 atom stereocenters. The fourth-order valence-corrected chi connectivity index (χ4v) is 3.11. The highest BCUT2D eigenvalue weighted by Crippen LogP contribution is 2.34. The second kappa shape index (κ2) is 7.35. The normalized spacial score (nSPS) is 10.5. The first-order valence-corrected chi connectivity index (χ1v) is 8.55. The topological polar surface area (TPSA) is 78.3 Å². The first-order valence-electron chi connectivity index (χ1n) is 7.67. The molecule has 25 heavy (non-hydrogen) atoms. The number of anilines is 1. The van der Waals surface area contributed by atoms with Gasteiger partial charge in [0.25, 0.3) is 5.91 Å². The van der Waals surface area contributed by atoms with E-state index in [1.807, 2.05) is 24.4 Å². The van der Waals surface area contributed by atoms with Crippen molar-refractivity contribution in [3.63, 3.8) is 0 Å². The summed E-state index contributed by atoms with van der Waals surface area (Å²) in [6, 6.07) is 7.20. The van der Waals surface area contributed by atoms with Crippen LogP contribution in [0.4, 0.5) is 5.13 Å². The number of nitrogens with zero attached hydrogens (tertiary/aromatic N) is 3. The lowest BCUT2D eigenvalue weighted by molar-refractivity contribution is 0.101. The first-order chi connectivity index (χ1) is 12.2. The molecule has 0 aliphatic rings. The van der Waals surface area contributed by atoms with Crippen molar-refractivity contribution in [3.05, 3.63) is 41.5 Å². The maximum absolute atomic E-state index is 12.4. The lowest BCUT2D eigenvalue weighted by Crippen LogP contribution is -2.17. The number of amides is 1. The standard InChI is InChI=1S/C17H18N4O3S/c1-4-21-14(7-8-18-21)16(22)20-17-19-13(10-25-17)12-6-5-11(23-2)9-15(12)24-3/h5-10H,4H2,1-3H3,(H,19,20,22). The van der Waals surface area contributed by atoms with E-state index in [1.165, 1.54) is 11.3 Å². The second-order valence-electron chi connectivity index (χ2n) is 5.09. The van der Waals surface area contributed by atoms with Crippen LogP contribution >= 0.6 is 11.3 Å². The fraction of sp³-hybridized carbons (Fsp3) is 0.235. The second-order valence-corrected chi connectivity index (χ2v) is 5.95. The zero-order valence-corrected chi connectivity index (χ0v) is 15.0. The number of aromatic nitrogens is 3. The number of carbonyl (C=O) groups excluding carboxylic acids is 1. The minimum atomic E-state index is -0.234. The van der Waals surface area contributed by atoms with Gasteiger partial charge < -0.3 is 9.47 Å². The number of carbonyl (C=O) groups is 1. The molecule has 1 amide bonds. The highest BCUT2D eigenvalue weighted by Gasteiger charge is 2.15. The molecule has 3 rings (SSSR count). The fourth-order valence-electron chi connectivity index (χ4n) is 2.40. The predicted molar refractivity (Wildman–Crippen MR) is 96.5 cm³/mol. The molecule has 0 aliphatic heterocycles. The third-order valence-electron chi connectivity index (χ3n) is 3.66. The molecule has 0 unspecified atom stereocenters. The summed E-state index contributed by atoms with van der Waals surface area (Å²) in [5.41, 5.74) is 2.06. The van der Waals surface area contributed by atoms with Crippen molar-refractivity contribution in [2.75, 3.05) is 19.5 Å². The number of aryl methyl sites for hydroxylation is 1. The van der Waals surface area contributed by atoms with E-state index in [0.29, 0.717) is 28.9 Å². The van der Waals surface area contributed by atoms with Crippen molar-refractivity contribution in [3.8, 4) is 22.8 Å². The van der Waals surface area contributed by atoms with E-state index < -0.39 is 0 Å². The number of rotatable bonds is 6. The Balaban J connectivity index is 1.82. The quantitative estimate of drug-likeness (QED) is 0.731. The summed E-state index contributed by atoms with van der Waals surface area (Å²) in [6.07, 6.45) is 1.61. The van der Waals surface area contributed by atoms with Crippen molar-refractivity contribution in [1.29, 1.82) is 0 Å². The van der Waals surface area contributed by atoms with Crippen molar-refractivity contribution < 1.29 is 14.3 Å². The number of methoxy groups -OCH3 is 2. The predicted octanol–water partition coefficient (Wildman–Crippen LogP) is 3.30. The van der Waals surface area contributed by atoms with Crippen LogP contribution in [0.1, 0.15) is 17.4 Å². The van der Waals surface area contributed by atoms with Crippen LogP contribution in [0.15, 0.2) is 35.8 Å². The number of nitrogens with one attached hydrogen (secondary N) is 1. The molecule has 2 aromatic heterocycles.